The monoisotopic (exact) mass is 1210 g/mol. The summed E-state index contributed by atoms with van der Waals surface area (Å²) in [4.78, 5) is 165. The number of aliphatic hydroxyl groups is 1. The molecule has 4 aliphatic heterocycles. The summed E-state index contributed by atoms with van der Waals surface area (Å²) in [6.45, 7) is 8.93. The Morgan fingerprint density at radius 1 is 0.250 bits per heavy atom. The van der Waals surface area contributed by atoms with E-state index in [1.54, 1.807) is 0 Å². The zero-order valence-electron chi connectivity index (χ0n) is 47.8. The molecule has 472 valence electrons. The molecule has 0 aromatic heterocycles. The standard InChI is InChI=1S/C50H68O34/c1-18(51)65-14-31-35(69-22(5)55)39(43(47(64)78-31)74-27(10)60)84-50-46(77-30(13)63)42(73-26(9)59)38(34(81-50)17-68-21(4)54)83-49-45(76-29(12)62)41(72-25(8)58)37(33(80-49)16-67-20(3)53)82-48-44(75-28(11)61)40(71-24(7)57)36(70-23(6)56)32(79-48)15-66-19(2)52/h31-50,64H,14-17H2,1-13H3/t31-,32-,33-,34-,35-,36-,37-,38-,39+,40+,41+,42+,43-,44-,45-,46-,47?,48+,49+,50+/m1/s1. The van der Waals surface area contributed by atoms with Crippen LogP contribution in [0.4, 0.5) is 0 Å². The van der Waals surface area contributed by atoms with Gasteiger partial charge < -0.3 is 99.8 Å². The van der Waals surface area contributed by atoms with E-state index in [4.69, 9.17) is 94.7 Å². The predicted molar refractivity (Wildman–Crippen MR) is 258 cm³/mol. The fourth-order valence-corrected chi connectivity index (χ4v) is 9.06. The van der Waals surface area contributed by atoms with Gasteiger partial charge in [0.1, 0.15) is 69.2 Å². The van der Waals surface area contributed by atoms with E-state index in [0.717, 1.165) is 90.0 Å². The summed E-state index contributed by atoms with van der Waals surface area (Å²) in [5.74, 6) is -13.5. The summed E-state index contributed by atoms with van der Waals surface area (Å²) < 4.78 is 115. The third kappa shape index (κ3) is 20.5. The molecule has 4 heterocycles. The fraction of sp³-hybridized carbons (Fsp3) is 0.740. The Bertz CT molecular complexity index is 2410. The Balaban J connectivity index is 1.97. The number of ether oxygens (including phenoxy) is 20. The highest BCUT2D eigenvalue weighted by Gasteiger charge is 2.61. The van der Waals surface area contributed by atoms with Gasteiger partial charge in [0, 0.05) is 90.0 Å². The van der Waals surface area contributed by atoms with Crippen LogP contribution in [0.25, 0.3) is 0 Å². The fourth-order valence-electron chi connectivity index (χ4n) is 9.06. The van der Waals surface area contributed by atoms with Gasteiger partial charge >= 0.3 is 77.6 Å². The molecule has 1 N–H and O–H groups in total. The lowest BCUT2D eigenvalue weighted by Gasteiger charge is -2.51. The zero-order valence-corrected chi connectivity index (χ0v) is 47.8. The van der Waals surface area contributed by atoms with Crippen LogP contribution >= 0.6 is 0 Å². The van der Waals surface area contributed by atoms with Crippen LogP contribution in [-0.2, 0) is 157 Å². The molecule has 0 aliphatic carbocycles. The first kappa shape index (κ1) is 69.3. The van der Waals surface area contributed by atoms with Crippen LogP contribution in [0.1, 0.15) is 90.0 Å². The van der Waals surface area contributed by atoms with Gasteiger partial charge in [0.2, 0.25) is 0 Å². The third-order valence-corrected chi connectivity index (χ3v) is 11.8. The molecule has 0 aromatic carbocycles. The molecule has 4 aliphatic rings. The molecule has 0 bridgehead atoms. The minimum Gasteiger partial charge on any atom is -0.463 e. The maximum Gasteiger partial charge on any atom is 0.303 e. The second-order valence-electron chi connectivity index (χ2n) is 18.9. The van der Waals surface area contributed by atoms with Crippen LogP contribution < -0.4 is 0 Å². The van der Waals surface area contributed by atoms with Gasteiger partial charge in [0.25, 0.3) is 0 Å². The molecule has 20 atom stereocenters. The molecule has 34 heteroatoms. The van der Waals surface area contributed by atoms with Crippen LogP contribution in [0.2, 0.25) is 0 Å². The van der Waals surface area contributed by atoms with E-state index in [1.807, 2.05) is 0 Å². The van der Waals surface area contributed by atoms with Gasteiger partial charge in [0.15, 0.2) is 80.1 Å². The largest absolute Gasteiger partial charge is 0.463 e. The summed E-state index contributed by atoms with van der Waals surface area (Å²) in [7, 11) is 0. The van der Waals surface area contributed by atoms with Gasteiger partial charge in [-0.25, -0.2) is 0 Å². The van der Waals surface area contributed by atoms with E-state index < -0.39 is 227 Å². The van der Waals surface area contributed by atoms with Crippen molar-refractivity contribution in [3.63, 3.8) is 0 Å². The average molecular weight is 1210 g/mol. The highest BCUT2D eigenvalue weighted by molar-refractivity contribution is 5.71. The Morgan fingerprint density at radius 3 is 0.726 bits per heavy atom. The smallest absolute Gasteiger partial charge is 0.303 e. The van der Waals surface area contributed by atoms with Crippen molar-refractivity contribution in [3.05, 3.63) is 0 Å². The Morgan fingerprint density at radius 2 is 0.452 bits per heavy atom. The molecule has 4 fully saturated rings. The molecule has 1 unspecified atom stereocenters. The molecule has 0 amide bonds. The van der Waals surface area contributed by atoms with Crippen molar-refractivity contribution < 1.29 is 162 Å². The molecule has 0 aromatic rings. The third-order valence-electron chi connectivity index (χ3n) is 11.8. The number of carbonyl (C=O) groups excluding carboxylic acids is 13. The first-order chi connectivity index (χ1) is 39.3. The molecular weight excluding hydrogens is 1140 g/mol. The van der Waals surface area contributed by atoms with Gasteiger partial charge in [-0.1, -0.05) is 0 Å². The van der Waals surface area contributed by atoms with E-state index >= 15 is 0 Å². The molecule has 84 heavy (non-hydrogen) atoms. The van der Waals surface area contributed by atoms with Crippen molar-refractivity contribution in [2.24, 2.45) is 0 Å². The molecule has 4 rings (SSSR count). The average Bonchev–Trinajstić information content (AvgIpc) is 1.22. The van der Waals surface area contributed by atoms with Gasteiger partial charge in [-0.15, -0.1) is 0 Å². The molecule has 0 radical (unpaired) electrons. The van der Waals surface area contributed by atoms with Crippen molar-refractivity contribution in [1.29, 1.82) is 0 Å². The number of rotatable bonds is 23. The van der Waals surface area contributed by atoms with Crippen LogP contribution in [-0.4, -0.2) is 232 Å². The first-order valence-corrected chi connectivity index (χ1v) is 25.6. The minimum absolute atomic E-state index is 0.719. The summed E-state index contributed by atoms with van der Waals surface area (Å²) in [6.07, 6.45) is -39.2. The number of hydrogen-bond acceptors (Lipinski definition) is 34. The van der Waals surface area contributed by atoms with Gasteiger partial charge in [-0.3, -0.25) is 62.3 Å². The Kier molecular flexibility index (Phi) is 26.1. The highest BCUT2D eigenvalue weighted by Crippen LogP contribution is 2.40. The summed E-state index contributed by atoms with van der Waals surface area (Å²) in [5.41, 5.74) is 0. The summed E-state index contributed by atoms with van der Waals surface area (Å²) in [5, 5.41) is 11.2. The Labute approximate surface area is 478 Å². The maximum absolute atomic E-state index is 13.2. The quantitative estimate of drug-likeness (QED) is 0.0828. The van der Waals surface area contributed by atoms with E-state index in [2.05, 4.69) is 0 Å². The number of carbonyl (C=O) groups is 13. The van der Waals surface area contributed by atoms with Crippen molar-refractivity contribution in [2.75, 3.05) is 26.4 Å². The predicted octanol–water partition coefficient (Wildman–Crippen LogP) is -2.33. The second-order valence-corrected chi connectivity index (χ2v) is 18.9. The lowest BCUT2D eigenvalue weighted by atomic mass is 9.94. The topological polar surface area (TPSA) is 427 Å². The summed E-state index contributed by atoms with van der Waals surface area (Å²) in [6, 6.07) is 0. The van der Waals surface area contributed by atoms with Gasteiger partial charge in [-0.05, 0) is 0 Å². The summed E-state index contributed by atoms with van der Waals surface area (Å²) >= 11 is 0. The normalized spacial score (nSPS) is 32.7. The van der Waals surface area contributed by atoms with Crippen LogP contribution in [0.3, 0.4) is 0 Å². The van der Waals surface area contributed by atoms with E-state index in [0.29, 0.717) is 0 Å². The van der Waals surface area contributed by atoms with Gasteiger partial charge in [-0.2, -0.15) is 0 Å². The lowest BCUT2D eigenvalue weighted by molar-refractivity contribution is -0.388. The SMILES string of the molecule is CC(=O)OC[C@H]1O[C@@H](O[C@H]2[C@H](OC(C)=O)[C@@H](OC(C)=O)[C@H](O[C@H]3[C@H](OC(C)=O)[C@@H](OC(C)=O)[C@H](O[C@H]4[C@H](OC(C)=O)[C@@H](COC(C)=O)OC(O)[C@@H]4OC(C)=O)O[C@@H]3COC(C)=O)O[C@@H]2COC(C)=O)[C@H](OC(C)=O)[C@@H](OC(C)=O)[C@@H]1OC(C)=O. The number of aliphatic hydroxyl groups excluding tert-OH is 1. The van der Waals surface area contributed by atoms with Crippen molar-refractivity contribution in [1.82, 2.24) is 0 Å². The lowest BCUT2D eigenvalue weighted by Crippen LogP contribution is -2.69. The van der Waals surface area contributed by atoms with E-state index in [9.17, 15) is 67.4 Å². The molecular formula is C50H68O34. The second kappa shape index (κ2) is 31.6. The van der Waals surface area contributed by atoms with E-state index in [-0.39, 0.29) is 0 Å². The van der Waals surface area contributed by atoms with Crippen LogP contribution in [0.5, 0.6) is 0 Å². The number of hydrogen-bond donors (Lipinski definition) is 1. The number of esters is 13. The van der Waals surface area contributed by atoms with E-state index in [1.165, 1.54) is 0 Å². The van der Waals surface area contributed by atoms with Crippen LogP contribution in [0, 0.1) is 0 Å². The zero-order chi connectivity index (χ0) is 63.0. The maximum atomic E-state index is 13.2. The molecule has 0 saturated carbocycles. The van der Waals surface area contributed by atoms with Crippen molar-refractivity contribution in [2.45, 2.75) is 213 Å². The molecule has 4 saturated heterocycles. The van der Waals surface area contributed by atoms with Gasteiger partial charge in [0.05, 0.1) is 0 Å². The molecule has 0 spiro atoms. The molecule has 34 nitrogen and oxygen atoms in total. The van der Waals surface area contributed by atoms with Crippen molar-refractivity contribution >= 4 is 77.6 Å². The Hall–Kier alpha value is -7.21. The minimum atomic E-state index is -2.22. The first-order valence-electron chi connectivity index (χ1n) is 25.6. The highest BCUT2D eigenvalue weighted by atomic mass is 16.8. The van der Waals surface area contributed by atoms with Crippen molar-refractivity contribution in [3.8, 4) is 0 Å². The van der Waals surface area contributed by atoms with Crippen LogP contribution in [0.15, 0.2) is 0 Å².